The molecule has 326 valence electrons. The average molecular weight is 899 g/mol. The summed E-state index contributed by atoms with van der Waals surface area (Å²) in [6, 6.07) is 60.8. The van der Waals surface area contributed by atoms with Crippen molar-refractivity contribution < 1.29 is 13.2 Å². The molecule has 0 aromatic heterocycles. The van der Waals surface area contributed by atoms with Crippen LogP contribution >= 0.6 is 0 Å². The molecule has 0 aliphatic carbocycles. The molecule has 0 aliphatic rings. The maximum Gasteiger partial charge on any atom is 0.144 e. The summed E-state index contributed by atoms with van der Waals surface area (Å²) in [5.41, 5.74) is 1.34. The van der Waals surface area contributed by atoms with E-state index in [2.05, 4.69) is 117 Å². The second kappa shape index (κ2) is 14.1. The van der Waals surface area contributed by atoms with Crippen LogP contribution in [0.4, 0.5) is 13.2 Å². The van der Waals surface area contributed by atoms with Crippen molar-refractivity contribution in [2.24, 2.45) is 0 Å². The zero-order chi connectivity index (χ0) is 46.7. The first-order valence-electron chi connectivity index (χ1n) is 23.8. The largest absolute Gasteiger partial charge is 0.205 e. The summed E-state index contributed by atoms with van der Waals surface area (Å²) >= 11 is 0. The molecule has 0 N–H and O–H groups in total. The molecule has 0 heterocycles. The Kier molecular flexibility index (Phi) is 7.92. The van der Waals surface area contributed by atoms with Crippen molar-refractivity contribution in [1.82, 2.24) is 0 Å². The molecule has 0 aliphatic heterocycles. The van der Waals surface area contributed by atoms with Gasteiger partial charge in [0.1, 0.15) is 17.5 Å². The predicted octanol–water partition coefficient (Wildman–Crippen LogP) is 18.7. The minimum Gasteiger partial charge on any atom is -0.205 e. The highest BCUT2D eigenvalue weighted by Crippen LogP contribution is 2.51. The maximum absolute atomic E-state index is 18.7. The molecule has 0 nitrogen and oxygen atoms in total. The number of hydrogen-bond donors (Lipinski definition) is 0. The van der Waals surface area contributed by atoms with Crippen LogP contribution in [0.3, 0.4) is 0 Å². The summed E-state index contributed by atoms with van der Waals surface area (Å²) in [6.07, 6.45) is 3.80. The summed E-state index contributed by atoms with van der Waals surface area (Å²) in [7, 11) is 0. The van der Waals surface area contributed by atoms with E-state index in [1.807, 2.05) is 84.9 Å². The molecule has 0 unspecified atom stereocenters. The summed E-state index contributed by atoms with van der Waals surface area (Å²) in [5, 5.41) is 22.7. The molecule has 0 saturated heterocycles. The number of benzene rings is 15. The molecule has 0 saturated carbocycles. The van der Waals surface area contributed by atoms with Gasteiger partial charge in [-0.1, -0.05) is 201 Å². The second-order valence-electron chi connectivity index (χ2n) is 18.9. The maximum atomic E-state index is 18.7. The van der Waals surface area contributed by atoms with E-state index >= 15 is 13.2 Å². The van der Waals surface area contributed by atoms with E-state index in [0.29, 0.717) is 32.8 Å². The molecule has 15 aromatic rings. The van der Waals surface area contributed by atoms with Gasteiger partial charge in [0.05, 0.1) is 16.7 Å². The van der Waals surface area contributed by atoms with Crippen molar-refractivity contribution in [3.8, 4) is 33.4 Å². The zero-order valence-corrected chi connectivity index (χ0v) is 37.8. The van der Waals surface area contributed by atoms with Gasteiger partial charge in [0.2, 0.25) is 0 Å². The molecule has 15 aromatic carbocycles. The van der Waals surface area contributed by atoms with Gasteiger partial charge >= 0.3 is 0 Å². The quantitative estimate of drug-likeness (QED) is 0.122. The number of allylic oxidation sites excluding steroid dienone is 1. The first kappa shape index (κ1) is 39.2. The smallest absolute Gasteiger partial charge is 0.144 e. The summed E-state index contributed by atoms with van der Waals surface area (Å²) in [6.45, 7) is 6.08. The van der Waals surface area contributed by atoms with E-state index in [1.165, 1.54) is 0 Å². The van der Waals surface area contributed by atoms with Crippen LogP contribution in [0.15, 0.2) is 195 Å². The van der Waals surface area contributed by atoms with Crippen molar-refractivity contribution in [3.05, 3.63) is 223 Å². The summed E-state index contributed by atoms with van der Waals surface area (Å²) < 4.78 is 56.1. The molecule has 0 radical (unpaired) electrons. The zero-order valence-electron chi connectivity index (χ0n) is 37.8. The number of aryl methyl sites for hydroxylation is 1. The van der Waals surface area contributed by atoms with Crippen molar-refractivity contribution in [2.75, 3.05) is 0 Å². The Morgan fingerprint density at radius 2 is 0.586 bits per heavy atom. The van der Waals surface area contributed by atoms with Gasteiger partial charge in [0, 0.05) is 0 Å². The fraction of sp³-hybridized carbons (Fsp3) is 0.0149. The monoisotopic (exact) mass is 898 g/mol. The number of halogens is 3. The summed E-state index contributed by atoms with van der Waals surface area (Å²) in [4.78, 5) is 0. The van der Waals surface area contributed by atoms with E-state index in [4.69, 9.17) is 0 Å². The normalized spacial score (nSPS) is 12.7. The first-order chi connectivity index (χ1) is 34.4. The molecule has 0 atom stereocenters. The van der Waals surface area contributed by atoms with Crippen LogP contribution in [0.5, 0.6) is 0 Å². The number of rotatable bonds is 4. The van der Waals surface area contributed by atoms with Gasteiger partial charge in [-0.25, -0.2) is 13.2 Å². The molecule has 0 bridgehead atoms. The van der Waals surface area contributed by atoms with Gasteiger partial charge in [0.25, 0.3) is 0 Å². The van der Waals surface area contributed by atoms with E-state index < -0.39 is 17.5 Å². The Labute approximate surface area is 399 Å². The fourth-order valence-electron chi connectivity index (χ4n) is 12.9. The average Bonchev–Trinajstić information content (AvgIpc) is 3.39. The Bertz CT molecular complexity index is 4570. The van der Waals surface area contributed by atoms with Crippen molar-refractivity contribution in [1.29, 1.82) is 0 Å². The van der Waals surface area contributed by atoms with Gasteiger partial charge in [-0.15, -0.1) is 0 Å². The van der Waals surface area contributed by atoms with Crippen LogP contribution in [-0.2, 0) is 0 Å². The van der Waals surface area contributed by atoms with Gasteiger partial charge < -0.3 is 0 Å². The number of fused-ring (bicyclic) bond motifs is 6. The molecule has 0 amide bonds. The van der Waals surface area contributed by atoms with Crippen LogP contribution in [0.25, 0.3) is 158 Å². The van der Waals surface area contributed by atoms with Gasteiger partial charge in [-0.3, -0.25) is 0 Å². The molecular formula is C67H37F3. The Hall–Kier alpha value is -8.79. The van der Waals surface area contributed by atoms with Crippen LogP contribution in [0.2, 0.25) is 0 Å². The SMILES string of the molecule is C=C/C=c1/cccc2c1c(C)c1ccc(-c3c(F)c(-c4ccc5c6cccc7cccc(c8cccc4c85)c76)c(F)c(-c4ccc5c6cccc7cccc(c8cccc4c85)c76)c3F)c3cccc2c31. The molecule has 3 heteroatoms. The third-order valence-corrected chi connectivity index (χ3v) is 15.7. The van der Waals surface area contributed by atoms with Gasteiger partial charge in [0.15, 0.2) is 0 Å². The van der Waals surface area contributed by atoms with Gasteiger partial charge in [-0.05, 0) is 153 Å². The summed E-state index contributed by atoms with van der Waals surface area (Å²) in [5.74, 6) is -2.83. The molecule has 0 spiro atoms. The molecular weight excluding hydrogens is 862 g/mol. The highest BCUT2D eigenvalue weighted by atomic mass is 19.1. The fourth-order valence-corrected chi connectivity index (χ4v) is 12.9. The Morgan fingerprint density at radius 3 is 0.971 bits per heavy atom. The lowest BCUT2D eigenvalue weighted by Crippen LogP contribution is -2.05. The van der Waals surface area contributed by atoms with E-state index in [1.54, 1.807) is 6.08 Å². The van der Waals surface area contributed by atoms with Crippen molar-refractivity contribution in [3.63, 3.8) is 0 Å². The molecule has 15 rings (SSSR count). The van der Waals surface area contributed by atoms with Crippen molar-refractivity contribution >= 4 is 125 Å². The lowest BCUT2D eigenvalue weighted by atomic mass is 9.82. The third-order valence-electron chi connectivity index (χ3n) is 15.7. The minimum absolute atomic E-state index is 0.263. The van der Waals surface area contributed by atoms with Gasteiger partial charge in [-0.2, -0.15) is 0 Å². The van der Waals surface area contributed by atoms with E-state index in [-0.39, 0.29) is 16.7 Å². The second-order valence-corrected chi connectivity index (χ2v) is 18.9. The molecule has 70 heavy (non-hydrogen) atoms. The van der Waals surface area contributed by atoms with E-state index in [9.17, 15) is 0 Å². The van der Waals surface area contributed by atoms with Crippen molar-refractivity contribution in [2.45, 2.75) is 6.92 Å². The van der Waals surface area contributed by atoms with Crippen LogP contribution < -0.4 is 5.22 Å². The standard InChI is InChI=1S/C67H37F3/c1-3-12-36-13-4-18-40-45-23-9-26-48-53(30-29-39(59(45)48)35(2)56(36)40)62-65(68)63(54-33-31-51-43-21-7-16-37-14-5-19-41(57(37)43)46-24-10-27-49(54)60(46)51)67(70)64(66(62)69)55-34-32-52-44-22-8-17-38-15-6-20-42(58(38)44)47-25-11-28-50(55)61(47)52/h3-34H,1H2,2H3/b36-12-. The highest BCUT2D eigenvalue weighted by molar-refractivity contribution is 6.36. The lowest BCUT2D eigenvalue weighted by Gasteiger charge is -2.22. The molecule has 0 fully saturated rings. The van der Waals surface area contributed by atoms with Crippen LogP contribution in [0.1, 0.15) is 5.56 Å². The third kappa shape index (κ3) is 4.96. The Balaban J connectivity index is 1.10. The topological polar surface area (TPSA) is 0 Å². The Morgan fingerprint density at radius 1 is 0.300 bits per heavy atom. The van der Waals surface area contributed by atoms with Crippen LogP contribution in [-0.4, -0.2) is 0 Å². The highest BCUT2D eigenvalue weighted by Gasteiger charge is 2.32. The first-order valence-corrected chi connectivity index (χ1v) is 23.8. The predicted molar refractivity (Wildman–Crippen MR) is 292 cm³/mol. The number of hydrogen-bond acceptors (Lipinski definition) is 0. The lowest BCUT2D eigenvalue weighted by molar-refractivity contribution is 0.557. The van der Waals surface area contributed by atoms with E-state index in [0.717, 1.165) is 113 Å². The minimum atomic E-state index is -0.943. The van der Waals surface area contributed by atoms with Crippen LogP contribution in [0, 0.1) is 24.4 Å².